The minimum absolute atomic E-state index is 0.0652. The molecule has 27 heavy (non-hydrogen) atoms. The molecule has 0 bridgehead atoms. The van der Waals surface area contributed by atoms with Crippen LogP contribution in [0.15, 0.2) is 35.1 Å². The number of para-hydroxylation sites is 1. The molecule has 6 heteroatoms. The Hall–Kier alpha value is -2.34. The van der Waals surface area contributed by atoms with E-state index in [0.717, 1.165) is 37.0 Å². The van der Waals surface area contributed by atoms with Crippen LogP contribution in [0.3, 0.4) is 0 Å². The smallest absolute Gasteiger partial charge is 0.254 e. The van der Waals surface area contributed by atoms with Crippen LogP contribution in [0, 0.1) is 0 Å². The van der Waals surface area contributed by atoms with E-state index in [-0.39, 0.29) is 11.5 Å². The highest BCUT2D eigenvalue weighted by Crippen LogP contribution is 2.23. The van der Waals surface area contributed by atoms with Crippen molar-refractivity contribution in [3.63, 3.8) is 0 Å². The van der Waals surface area contributed by atoms with Gasteiger partial charge in [0.25, 0.3) is 5.56 Å². The molecule has 0 radical (unpaired) electrons. The van der Waals surface area contributed by atoms with Crippen molar-refractivity contribution < 1.29 is 9.53 Å². The molecule has 1 aliphatic heterocycles. The Morgan fingerprint density at radius 3 is 2.96 bits per heavy atom. The first kappa shape index (κ1) is 19.4. The molecule has 0 unspecified atom stereocenters. The second kappa shape index (κ2) is 9.04. The van der Waals surface area contributed by atoms with E-state index >= 15 is 0 Å². The molecule has 1 aliphatic rings. The Balaban J connectivity index is 1.46. The predicted octanol–water partition coefficient (Wildman–Crippen LogP) is 2.30. The molecule has 1 atom stereocenters. The highest BCUT2D eigenvalue weighted by Gasteiger charge is 2.22. The number of carbonyl (C=O) groups excluding carboxylic acids is 1. The van der Waals surface area contributed by atoms with E-state index in [2.05, 4.69) is 17.1 Å². The van der Waals surface area contributed by atoms with Crippen LogP contribution in [-0.2, 0) is 11.8 Å². The van der Waals surface area contributed by atoms with Crippen LogP contribution in [0.4, 0.5) is 0 Å². The van der Waals surface area contributed by atoms with Gasteiger partial charge in [0.1, 0.15) is 5.75 Å². The molecule has 6 nitrogen and oxygen atoms in total. The quantitative estimate of drug-likeness (QED) is 0.723. The lowest BCUT2D eigenvalue weighted by Crippen LogP contribution is -2.40. The fourth-order valence-electron chi connectivity index (χ4n) is 3.78. The highest BCUT2D eigenvalue weighted by atomic mass is 16.5. The summed E-state index contributed by atoms with van der Waals surface area (Å²) in [5.74, 6) is 0.647. The summed E-state index contributed by atoms with van der Waals surface area (Å²) in [6.45, 7) is 5.48. The summed E-state index contributed by atoms with van der Waals surface area (Å²) < 4.78 is 7.43. The average Bonchev–Trinajstić information content (AvgIpc) is 3.15. The minimum Gasteiger partial charge on any atom is -0.493 e. The summed E-state index contributed by atoms with van der Waals surface area (Å²) in [6.07, 6.45) is 3.43. The number of likely N-dealkylation sites (tertiary alicyclic amines) is 1. The van der Waals surface area contributed by atoms with Crippen molar-refractivity contribution >= 4 is 16.8 Å². The maximum atomic E-state index is 12.1. The van der Waals surface area contributed by atoms with Crippen LogP contribution in [0.25, 0.3) is 10.9 Å². The molecule has 2 heterocycles. The van der Waals surface area contributed by atoms with Crippen molar-refractivity contribution in [3.05, 3.63) is 40.7 Å². The number of rotatable bonds is 8. The minimum atomic E-state index is -0.0986. The SMILES string of the molecule is CCN1CCC[C@H]1CNC(=O)CCCOc1cc(=O)n(C)c2ccccc12. The molecule has 146 valence electrons. The zero-order valence-electron chi connectivity index (χ0n) is 16.2. The number of aromatic nitrogens is 1. The topological polar surface area (TPSA) is 63.6 Å². The van der Waals surface area contributed by atoms with Crippen LogP contribution < -0.4 is 15.6 Å². The Morgan fingerprint density at radius 2 is 2.15 bits per heavy atom. The number of amides is 1. The van der Waals surface area contributed by atoms with E-state index in [9.17, 15) is 9.59 Å². The molecule has 2 aromatic rings. The molecule has 0 aliphatic carbocycles. The molecule has 1 amide bonds. The number of fused-ring (bicyclic) bond motifs is 1. The van der Waals surface area contributed by atoms with Crippen molar-refractivity contribution in [3.8, 4) is 5.75 Å². The fourth-order valence-corrected chi connectivity index (χ4v) is 3.78. The van der Waals surface area contributed by atoms with Gasteiger partial charge in [-0.2, -0.15) is 0 Å². The number of aryl methyl sites for hydroxylation is 1. The zero-order chi connectivity index (χ0) is 19.2. The van der Waals surface area contributed by atoms with Gasteiger partial charge in [-0.25, -0.2) is 0 Å². The largest absolute Gasteiger partial charge is 0.493 e. The van der Waals surface area contributed by atoms with Crippen LogP contribution in [0.1, 0.15) is 32.6 Å². The lowest BCUT2D eigenvalue weighted by Gasteiger charge is -2.22. The van der Waals surface area contributed by atoms with E-state index in [1.54, 1.807) is 11.6 Å². The van der Waals surface area contributed by atoms with Gasteiger partial charge in [-0.15, -0.1) is 0 Å². The van der Waals surface area contributed by atoms with Gasteiger partial charge in [-0.1, -0.05) is 19.1 Å². The second-order valence-electron chi connectivity index (χ2n) is 7.10. The van der Waals surface area contributed by atoms with Gasteiger partial charge in [0.15, 0.2) is 0 Å². The van der Waals surface area contributed by atoms with Crippen LogP contribution in [-0.4, -0.2) is 47.7 Å². The fraction of sp³-hybridized carbons (Fsp3) is 0.524. The standard InChI is InChI=1S/C21H29N3O3/c1-3-24-12-6-8-16(24)15-22-20(25)11-7-13-27-19-14-21(26)23(2)18-10-5-4-9-17(18)19/h4-5,9-10,14,16H,3,6-8,11-13,15H2,1-2H3,(H,22,25)/t16-/m0/s1. The van der Waals surface area contributed by atoms with Gasteiger partial charge in [0, 0.05) is 37.5 Å². The maximum Gasteiger partial charge on any atom is 0.254 e. The molecule has 0 saturated carbocycles. The molecule has 3 rings (SSSR count). The van der Waals surface area contributed by atoms with Gasteiger partial charge in [0.05, 0.1) is 12.1 Å². The van der Waals surface area contributed by atoms with E-state index in [4.69, 9.17) is 4.74 Å². The molecular formula is C21H29N3O3. The number of benzene rings is 1. The van der Waals surface area contributed by atoms with Crippen molar-refractivity contribution in [2.75, 3.05) is 26.2 Å². The van der Waals surface area contributed by atoms with E-state index in [1.165, 1.54) is 12.5 Å². The molecule has 1 fully saturated rings. The third-order valence-corrected chi connectivity index (χ3v) is 5.36. The number of nitrogens with one attached hydrogen (secondary N) is 1. The van der Waals surface area contributed by atoms with Crippen molar-refractivity contribution in [1.82, 2.24) is 14.8 Å². The van der Waals surface area contributed by atoms with Crippen LogP contribution >= 0.6 is 0 Å². The first-order valence-electron chi connectivity index (χ1n) is 9.82. The first-order chi connectivity index (χ1) is 13.1. The van der Waals surface area contributed by atoms with E-state index < -0.39 is 0 Å². The average molecular weight is 371 g/mol. The third kappa shape index (κ3) is 4.69. The number of likely N-dealkylation sites (N-methyl/N-ethyl adjacent to an activating group) is 1. The lowest BCUT2D eigenvalue weighted by molar-refractivity contribution is -0.121. The Kier molecular flexibility index (Phi) is 6.50. The normalized spacial score (nSPS) is 17.3. The van der Waals surface area contributed by atoms with Gasteiger partial charge >= 0.3 is 0 Å². The Bertz CT molecular complexity index is 846. The summed E-state index contributed by atoms with van der Waals surface area (Å²) in [4.78, 5) is 26.6. The third-order valence-electron chi connectivity index (χ3n) is 5.36. The predicted molar refractivity (Wildman–Crippen MR) is 107 cm³/mol. The number of hydrogen-bond donors (Lipinski definition) is 1. The molecular weight excluding hydrogens is 342 g/mol. The molecule has 1 aromatic carbocycles. The number of pyridine rings is 1. The summed E-state index contributed by atoms with van der Waals surface area (Å²) in [6, 6.07) is 9.66. The van der Waals surface area contributed by atoms with Crippen LogP contribution in [0.5, 0.6) is 5.75 Å². The summed E-state index contributed by atoms with van der Waals surface area (Å²) >= 11 is 0. The van der Waals surface area contributed by atoms with Crippen molar-refractivity contribution in [2.45, 2.75) is 38.6 Å². The molecule has 0 spiro atoms. The van der Waals surface area contributed by atoms with Crippen LogP contribution in [0.2, 0.25) is 0 Å². The summed E-state index contributed by atoms with van der Waals surface area (Å²) in [7, 11) is 1.75. The zero-order valence-corrected chi connectivity index (χ0v) is 16.2. The lowest BCUT2D eigenvalue weighted by atomic mass is 10.2. The van der Waals surface area contributed by atoms with Gasteiger partial charge < -0.3 is 14.6 Å². The number of carbonyl (C=O) groups is 1. The highest BCUT2D eigenvalue weighted by molar-refractivity contribution is 5.85. The summed E-state index contributed by atoms with van der Waals surface area (Å²) in [5, 5.41) is 3.95. The van der Waals surface area contributed by atoms with E-state index in [0.29, 0.717) is 31.2 Å². The van der Waals surface area contributed by atoms with Crippen molar-refractivity contribution in [1.29, 1.82) is 0 Å². The maximum absolute atomic E-state index is 12.1. The van der Waals surface area contributed by atoms with Crippen molar-refractivity contribution in [2.24, 2.45) is 7.05 Å². The number of ether oxygens (including phenoxy) is 1. The molecule has 1 aromatic heterocycles. The molecule has 1 N–H and O–H groups in total. The monoisotopic (exact) mass is 371 g/mol. The summed E-state index contributed by atoms with van der Waals surface area (Å²) in [5.41, 5.74) is 0.744. The van der Waals surface area contributed by atoms with E-state index in [1.807, 2.05) is 24.3 Å². The Labute approximate surface area is 160 Å². The van der Waals surface area contributed by atoms with Gasteiger partial charge in [-0.05, 0) is 44.5 Å². The van der Waals surface area contributed by atoms with Gasteiger partial charge in [-0.3, -0.25) is 14.5 Å². The number of nitrogens with zero attached hydrogens (tertiary/aromatic N) is 2. The number of hydrogen-bond acceptors (Lipinski definition) is 4. The Morgan fingerprint density at radius 1 is 1.33 bits per heavy atom. The second-order valence-corrected chi connectivity index (χ2v) is 7.10. The first-order valence-corrected chi connectivity index (χ1v) is 9.82. The van der Waals surface area contributed by atoms with Gasteiger partial charge in [0.2, 0.25) is 5.91 Å². The molecule has 1 saturated heterocycles.